The fraction of sp³-hybridized carbons (Fsp3) is 1.00. The van der Waals surface area contributed by atoms with Gasteiger partial charge in [-0.3, -0.25) is 0 Å². The van der Waals surface area contributed by atoms with Crippen molar-refractivity contribution in [2.45, 2.75) is 26.1 Å². The third-order valence-electron chi connectivity index (χ3n) is 0.687. The largest absolute Gasteiger partial charge is 0.454 e. The van der Waals surface area contributed by atoms with Crippen molar-refractivity contribution in [3.05, 3.63) is 0 Å². The van der Waals surface area contributed by atoms with Crippen molar-refractivity contribution in [1.29, 1.82) is 0 Å². The zero-order chi connectivity index (χ0) is 4.83. The Morgan fingerprint density at radius 2 is 2.33 bits per heavy atom. The molecule has 0 aliphatic carbocycles. The van der Waals surface area contributed by atoms with Gasteiger partial charge < -0.3 is 5.02 Å². The summed E-state index contributed by atoms with van der Waals surface area (Å²) in [6, 6.07) is 0. The van der Waals surface area contributed by atoms with E-state index in [9.17, 15) is 0 Å². The Bertz CT molecular complexity index is 19.5. The Morgan fingerprint density at radius 3 is 2.50 bits per heavy atom. The van der Waals surface area contributed by atoms with E-state index in [-0.39, 0.29) is 0 Å². The van der Waals surface area contributed by atoms with Crippen molar-refractivity contribution in [1.82, 2.24) is 0 Å². The Kier molecular flexibility index (Phi) is 5.05. The van der Waals surface area contributed by atoms with Gasteiger partial charge in [-0.25, -0.2) is 0 Å². The summed E-state index contributed by atoms with van der Waals surface area (Å²) in [7, 11) is 1.21. The van der Waals surface area contributed by atoms with Crippen LogP contribution in [0.5, 0.6) is 0 Å². The molecule has 0 aliphatic heterocycles. The highest BCUT2D eigenvalue weighted by Crippen LogP contribution is 1.89. The van der Waals surface area contributed by atoms with Crippen molar-refractivity contribution >= 4 is 7.48 Å². The van der Waals surface area contributed by atoms with E-state index in [0.717, 1.165) is 19.2 Å². The average molecular weight is 84.9 g/mol. The van der Waals surface area contributed by atoms with E-state index >= 15 is 0 Å². The fourth-order valence-electron chi connectivity index (χ4n) is 0.295. The molecule has 1 radical (unpaired) electrons. The quantitative estimate of drug-likeness (QED) is 0.397. The van der Waals surface area contributed by atoms with Crippen LogP contribution < -0.4 is 0 Å². The van der Waals surface area contributed by atoms with Crippen LogP contribution in [0.2, 0.25) is 6.32 Å². The molecule has 2 heteroatoms. The van der Waals surface area contributed by atoms with E-state index in [1.54, 1.807) is 0 Å². The molecule has 0 saturated carbocycles. The molecule has 0 saturated heterocycles. The summed E-state index contributed by atoms with van der Waals surface area (Å²) in [4.78, 5) is 0. The highest BCUT2D eigenvalue weighted by Gasteiger charge is 1.80. The maximum absolute atomic E-state index is 8.07. The van der Waals surface area contributed by atoms with Crippen molar-refractivity contribution in [3.8, 4) is 0 Å². The van der Waals surface area contributed by atoms with Crippen molar-refractivity contribution in [3.63, 3.8) is 0 Å². The van der Waals surface area contributed by atoms with E-state index in [1.807, 2.05) is 0 Å². The minimum atomic E-state index is 0.844. The Labute approximate surface area is 39.7 Å². The molecule has 0 unspecified atom stereocenters. The first kappa shape index (κ1) is 6.02. The molecule has 0 atom stereocenters. The first-order chi connectivity index (χ1) is 2.91. The van der Waals surface area contributed by atoms with Crippen LogP contribution in [0.3, 0.4) is 0 Å². The molecule has 0 spiro atoms. The van der Waals surface area contributed by atoms with Crippen LogP contribution >= 0.6 is 0 Å². The maximum Gasteiger partial charge on any atom is 0.287 e. The highest BCUT2D eigenvalue weighted by molar-refractivity contribution is 6.25. The molecule has 6 heavy (non-hydrogen) atoms. The lowest BCUT2D eigenvalue weighted by molar-refractivity contribution is 0.595. The van der Waals surface area contributed by atoms with Crippen molar-refractivity contribution in [2.24, 2.45) is 0 Å². The van der Waals surface area contributed by atoms with Gasteiger partial charge in [-0.1, -0.05) is 26.1 Å². The molecule has 0 fully saturated rings. The summed E-state index contributed by atoms with van der Waals surface area (Å²) in [5.74, 6) is 0. The van der Waals surface area contributed by atoms with Crippen LogP contribution in [-0.2, 0) is 0 Å². The van der Waals surface area contributed by atoms with Gasteiger partial charge in [-0.15, -0.1) is 0 Å². The Balaban J connectivity index is 2.34. The average Bonchev–Trinajstić information content (AvgIpc) is 1.61. The standard InChI is InChI=1S/C4H10BO/c1-2-3-4-5-6/h6H,2-4H2,1H3. The van der Waals surface area contributed by atoms with Crippen LogP contribution in [0.15, 0.2) is 0 Å². The molecule has 1 nitrogen and oxygen atoms in total. The summed E-state index contributed by atoms with van der Waals surface area (Å²) in [6.45, 7) is 2.10. The van der Waals surface area contributed by atoms with Gasteiger partial charge in [0.2, 0.25) is 0 Å². The smallest absolute Gasteiger partial charge is 0.287 e. The lowest BCUT2D eigenvalue weighted by atomic mass is 9.93. The molecular weight excluding hydrogens is 74.9 g/mol. The second-order valence-electron chi connectivity index (χ2n) is 1.32. The van der Waals surface area contributed by atoms with Gasteiger partial charge in [0.1, 0.15) is 0 Å². The summed E-state index contributed by atoms with van der Waals surface area (Å²) in [5.41, 5.74) is 0. The van der Waals surface area contributed by atoms with Gasteiger partial charge in [0.05, 0.1) is 0 Å². The monoisotopic (exact) mass is 85.1 g/mol. The zero-order valence-electron chi connectivity index (χ0n) is 4.15. The van der Waals surface area contributed by atoms with E-state index in [0.29, 0.717) is 0 Å². The first-order valence-corrected chi connectivity index (χ1v) is 2.37. The van der Waals surface area contributed by atoms with E-state index in [4.69, 9.17) is 5.02 Å². The molecule has 0 heterocycles. The molecule has 35 valence electrons. The molecule has 0 aromatic rings. The molecule has 0 rings (SSSR count). The van der Waals surface area contributed by atoms with Crippen LogP contribution in [0.4, 0.5) is 0 Å². The number of rotatable bonds is 3. The van der Waals surface area contributed by atoms with Gasteiger partial charge in [-0.05, 0) is 0 Å². The Hall–Kier alpha value is 0.0249. The van der Waals surface area contributed by atoms with E-state index in [2.05, 4.69) is 6.92 Å². The summed E-state index contributed by atoms with van der Waals surface area (Å²) < 4.78 is 0. The number of hydrogen-bond acceptors (Lipinski definition) is 1. The summed E-state index contributed by atoms with van der Waals surface area (Å²) in [6.07, 6.45) is 3.12. The molecule has 0 aromatic heterocycles. The van der Waals surface area contributed by atoms with Gasteiger partial charge in [0.15, 0.2) is 0 Å². The molecule has 1 N–H and O–H groups in total. The van der Waals surface area contributed by atoms with E-state index in [1.165, 1.54) is 7.48 Å². The minimum Gasteiger partial charge on any atom is -0.454 e. The van der Waals surface area contributed by atoms with Gasteiger partial charge >= 0.3 is 0 Å². The van der Waals surface area contributed by atoms with Crippen LogP contribution in [-0.4, -0.2) is 12.5 Å². The SMILES string of the molecule is CCCC[B]O. The Morgan fingerprint density at radius 1 is 1.67 bits per heavy atom. The summed E-state index contributed by atoms with van der Waals surface area (Å²) in [5, 5.41) is 8.07. The molecular formula is C4H10BO. The van der Waals surface area contributed by atoms with Gasteiger partial charge in [0.25, 0.3) is 7.48 Å². The minimum absolute atomic E-state index is 0.844. The van der Waals surface area contributed by atoms with Gasteiger partial charge in [0, 0.05) is 0 Å². The number of hydrogen-bond donors (Lipinski definition) is 1. The lowest BCUT2D eigenvalue weighted by Crippen LogP contribution is -1.82. The second kappa shape index (κ2) is 5.02. The number of unbranched alkanes of at least 4 members (excludes halogenated alkanes) is 1. The molecule has 0 aromatic carbocycles. The zero-order valence-corrected chi connectivity index (χ0v) is 4.15. The van der Waals surface area contributed by atoms with Crippen molar-refractivity contribution in [2.75, 3.05) is 0 Å². The van der Waals surface area contributed by atoms with E-state index < -0.39 is 0 Å². The normalized spacial score (nSPS) is 8.33. The molecule has 0 bridgehead atoms. The third-order valence-corrected chi connectivity index (χ3v) is 0.687. The predicted octanol–water partition coefficient (Wildman–Crippen LogP) is 0.816. The third kappa shape index (κ3) is 4.02. The predicted molar refractivity (Wildman–Crippen MR) is 27.7 cm³/mol. The van der Waals surface area contributed by atoms with Gasteiger partial charge in [-0.2, -0.15) is 0 Å². The lowest BCUT2D eigenvalue weighted by Gasteiger charge is -1.83. The molecule has 0 aliphatic rings. The van der Waals surface area contributed by atoms with Crippen LogP contribution in [0.1, 0.15) is 19.8 Å². The topological polar surface area (TPSA) is 20.2 Å². The highest BCUT2D eigenvalue weighted by atomic mass is 16.2. The van der Waals surface area contributed by atoms with Crippen molar-refractivity contribution < 1.29 is 5.02 Å². The second-order valence-corrected chi connectivity index (χ2v) is 1.32. The first-order valence-electron chi connectivity index (χ1n) is 2.37. The van der Waals surface area contributed by atoms with Crippen LogP contribution in [0.25, 0.3) is 0 Å². The summed E-state index contributed by atoms with van der Waals surface area (Å²) >= 11 is 0. The molecule has 0 amide bonds. The van der Waals surface area contributed by atoms with Crippen LogP contribution in [0, 0.1) is 0 Å². The fourth-order valence-corrected chi connectivity index (χ4v) is 0.295. The maximum atomic E-state index is 8.07.